The lowest BCUT2D eigenvalue weighted by atomic mass is 10.1. The highest BCUT2D eigenvalue weighted by Gasteiger charge is 2.48. The molecule has 2 saturated heterocycles. The first-order valence-electron chi connectivity index (χ1n) is 14.9. The van der Waals surface area contributed by atoms with Crippen molar-refractivity contribution in [1.29, 1.82) is 0 Å². The summed E-state index contributed by atoms with van der Waals surface area (Å²) in [6.07, 6.45) is -6.30. The smallest absolute Gasteiger partial charge is 0.393 e. The van der Waals surface area contributed by atoms with E-state index in [4.69, 9.17) is 45.3 Å². The molecule has 0 saturated carbocycles. The quantitative estimate of drug-likeness (QED) is 0.0801. The van der Waals surface area contributed by atoms with Gasteiger partial charge in [-0.2, -0.15) is 4.31 Å². The molecule has 0 bridgehead atoms. The number of phosphoric acid groups is 2. The van der Waals surface area contributed by atoms with E-state index in [-0.39, 0.29) is 29.0 Å². The molecular weight excluding hydrogens is 748 g/mol. The molecule has 290 valence electrons. The van der Waals surface area contributed by atoms with Gasteiger partial charge in [0, 0.05) is 18.0 Å². The van der Waals surface area contributed by atoms with Gasteiger partial charge in [0.1, 0.15) is 61.2 Å². The van der Waals surface area contributed by atoms with Crippen molar-refractivity contribution in [1.82, 2.24) is 24.4 Å². The van der Waals surface area contributed by atoms with Gasteiger partial charge in [-0.15, -0.1) is 0 Å². The fourth-order valence-corrected chi connectivity index (χ4v) is 6.98. The average Bonchev–Trinajstić information content (AvgIpc) is 3.75. The number of nitrogen functional groups attached to an aromatic ring is 1. The number of aliphatic hydroxyl groups excluding tert-OH is 7. The number of Topliss-reactive ketones (excluding diaryl/α,β-unsaturated/α-hetero) is 1. The summed E-state index contributed by atoms with van der Waals surface area (Å²) in [7, 11) is -10.7. The lowest BCUT2D eigenvalue weighted by molar-refractivity contribution is -0.131. The van der Waals surface area contributed by atoms with Gasteiger partial charge in [-0.25, -0.2) is 24.1 Å². The molecular formula is C25H37N7O18P2. The van der Waals surface area contributed by atoms with Crippen LogP contribution in [0.1, 0.15) is 12.6 Å². The Morgan fingerprint density at radius 1 is 0.942 bits per heavy atom. The first-order chi connectivity index (χ1) is 24.4. The predicted octanol–water partition coefficient (Wildman–Crippen LogP) is -4.79. The number of hydrogen-bond donors (Lipinski definition) is 11. The van der Waals surface area contributed by atoms with Crippen molar-refractivity contribution < 1.29 is 87.1 Å². The number of fused-ring (bicyclic) bond motifs is 1. The summed E-state index contributed by atoms with van der Waals surface area (Å²) in [5.74, 6) is -1.41. The SMILES string of the molecule is NC(=O)C1=CN(C2O[C@H](COP(=O)(O)OP(=O)(O)OC[C@H]3O[C@@H](n4cnc5c(N)ncnc54)[C@H](O)[C@@H]3O)C(O)C2O)C=CC1.O=C(CO)[C@@H](O)CO. The molecule has 2 aromatic rings. The van der Waals surface area contributed by atoms with E-state index in [1.54, 1.807) is 6.08 Å². The number of hydrogen-bond acceptors (Lipinski definition) is 21. The maximum atomic E-state index is 12.4. The number of phosphoric ester groups is 2. The number of anilines is 1. The molecule has 0 aromatic carbocycles. The summed E-state index contributed by atoms with van der Waals surface area (Å²) in [6.45, 7) is -3.13. The molecule has 3 aliphatic heterocycles. The van der Waals surface area contributed by atoms with Crippen LogP contribution in [0.2, 0.25) is 0 Å². The van der Waals surface area contributed by atoms with E-state index >= 15 is 0 Å². The van der Waals surface area contributed by atoms with Crippen molar-refractivity contribution in [3.05, 3.63) is 36.7 Å². The Labute approximate surface area is 292 Å². The fraction of sp³-hybridized carbons (Fsp3) is 0.560. The van der Waals surface area contributed by atoms with Gasteiger partial charge < -0.3 is 71.4 Å². The number of carbonyl (C=O) groups is 2. The van der Waals surface area contributed by atoms with Crippen LogP contribution in [0.15, 0.2) is 36.7 Å². The minimum absolute atomic E-state index is 0.0517. The monoisotopic (exact) mass is 785 g/mol. The first kappa shape index (κ1) is 41.4. The number of rotatable bonds is 14. The van der Waals surface area contributed by atoms with Crippen LogP contribution in [-0.2, 0) is 41.6 Å². The van der Waals surface area contributed by atoms with E-state index in [0.717, 1.165) is 6.33 Å². The molecule has 13 N–H and O–H groups in total. The Hall–Kier alpha value is -3.33. The molecule has 1 amide bonds. The number of carbonyl (C=O) groups excluding carboxylic acids is 2. The van der Waals surface area contributed by atoms with Crippen molar-refractivity contribution in [2.75, 3.05) is 32.2 Å². The fourth-order valence-electron chi connectivity index (χ4n) is 4.89. The highest BCUT2D eigenvalue weighted by molar-refractivity contribution is 7.61. The van der Waals surface area contributed by atoms with Crippen LogP contribution in [0.25, 0.3) is 11.2 Å². The second-order valence-electron chi connectivity index (χ2n) is 11.2. The van der Waals surface area contributed by atoms with E-state index in [1.807, 2.05) is 0 Å². The first-order valence-corrected chi connectivity index (χ1v) is 17.9. The maximum Gasteiger partial charge on any atom is 0.481 e. The zero-order valence-electron chi connectivity index (χ0n) is 26.6. The van der Waals surface area contributed by atoms with Crippen LogP contribution >= 0.6 is 15.6 Å². The average molecular weight is 786 g/mol. The van der Waals surface area contributed by atoms with E-state index in [2.05, 4.69) is 19.3 Å². The molecule has 5 heterocycles. The van der Waals surface area contributed by atoms with Gasteiger partial charge in [0.05, 0.1) is 26.1 Å². The molecule has 3 aliphatic rings. The molecule has 52 heavy (non-hydrogen) atoms. The molecule has 25 nitrogen and oxygen atoms in total. The topological polar surface area (TPSA) is 395 Å². The van der Waals surface area contributed by atoms with Gasteiger partial charge in [-0.1, -0.05) is 6.08 Å². The third kappa shape index (κ3) is 9.80. The lowest BCUT2D eigenvalue weighted by Gasteiger charge is -2.28. The van der Waals surface area contributed by atoms with Crippen LogP contribution in [0.4, 0.5) is 5.82 Å². The molecule has 0 spiro atoms. The number of aromatic nitrogens is 4. The van der Waals surface area contributed by atoms with Crippen LogP contribution < -0.4 is 11.5 Å². The summed E-state index contributed by atoms with van der Waals surface area (Å²) >= 11 is 0. The molecule has 2 aromatic heterocycles. The number of aliphatic hydroxyl groups is 7. The number of imidazole rings is 1. The second kappa shape index (κ2) is 17.2. The van der Waals surface area contributed by atoms with Crippen molar-refractivity contribution in [2.45, 2.75) is 61.6 Å². The van der Waals surface area contributed by atoms with Crippen molar-refractivity contribution in [2.24, 2.45) is 5.73 Å². The minimum Gasteiger partial charge on any atom is -0.393 e. The summed E-state index contributed by atoms with van der Waals surface area (Å²) in [5, 5.41) is 66.1. The molecule has 11 atom stereocenters. The number of primary amides is 1. The summed E-state index contributed by atoms with van der Waals surface area (Å²) in [6, 6.07) is 0. The van der Waals surface area contributed by atoms with E-state index < -0.39 is 109 Å². The van der Waals surface area contributed by atoms with Crippen molar-refractivity contribution >= 4 is 44.3 Å². The zero-order valence-corrected chi connectivity index (χ0v) is 28.4. The molecule has 0 radical (unpaired) electrons. The van der Waals surface area contributed by atoms with Crippen LogP contribution in [-0.4, -0.2) is 157 Å². The number of nitrogens with two attached hydrogens (primary N) is 2. The summed E-state index contributed by atoms with van der Waals surface area (Å²) < 4.78 is 50.8. The van der Waals surface area contributed by atoms with Crippen LogP contribution in [0, 0.1) is 0 Å². The van der Waals surface area contributed by atoms with Gasteiger partial charge in [0.25, 0.3) is 0 Å². The Balaban J connectivity index is 0.000000677. The second-order valence-corrected chi connectivity index (χ2v) is 14.2. The number of amides is 1. The highest BCUT2D eigenvalue weighted by Crippen LogP contribution is 2.60. The molecule has 5 rings (SSSR count). The predicted molar refractivity (Wildman–Crippen MR) is 167 cm³/mol. The molecule has 5 unspecified atom stereocenters. The van der Waals surface area contributed by atoms with Gasteiger partial charge in [0.2, 0.25) is 5.91 Å². The Kier molecular flexibility index (Phi) is 13.7. The van der Waals surface area contributed by atoms with Gasteiger partial charge >= 0.3 is 15.6 Å². The molecule has 27 heteroatoms. The van der Waals surface area contributed by atoms with E-state index in [9.17, 15) is 48.9 Å². The molecule has 2 fully saturated rings. The minimum atomic E-state index is -5.37. The highest BCUT2D eigenvalue weighted by atomic mass is 31.3. The third-order valence-electron chi connectivity index (χ3n) is 7.58. The van der Waals surface area contributed by atoms with Gasteiger partial charge in [0.15, 0.2) is 29.7 Å². The Morgan fingerprint density at radius 3 is 2.06 bits per heavy atom. The Bertz CT molecular complexity index is 1750. The number of ketones is 1. The Morgan fingerprint density at radius 2 is 1.52 bits per heavy atom. The maximum absolute atomic E-state index is 12.4. The van der Waals surface area contributed by atoms with Gasteiger partial charge in [-0.3, -0.25) is 23.2 Å². The van der Waals surface area contributed by atoms with Crippen molar-refractivity contribution in [3.8, 4) is 0 Å². The lowest BCUT2D eigenvalue weighted by Crippen LogP contribution is -2.40. The largest absolute Gasteiger partial charge is 0.481 e. The zero-order chi connectivity index (χ0) is 38.5. The van der Waals surface area contributed by atoms with Gasteiger partial charge in [-0.05, 0) is 6.42 Å². The van der Waals surface area contributed by atoms with Crippen LogP contribution in [0.5, 0.6) is 0 Å². The van der Waals surface area contributed by atoms with Crippen molar-refractivity contribution in [3.63, 3.8) is 0 Å². The summed E-state index contributed by atoms with van der Waals surface area (Å²) in [4.78, 5) is 54.7. The van der Waals surface area contributed by atoms with E-state index in [0.29, 0.717) is 0 Å². The van der Waals surface area contributed by atoms with Crippen LogP contribution in [0.3, 0.4) is 0 Å². The number of nitrogens with zero attached hydrogens (tertiary/aromatic N) is 5. The number of allylic oxidation sites excluding steroid dienone is 1. The van der Waals surface area contributed by atoms with E-state index in [1.165, 1.54) is 28.2 Å². The normalized spacial score (nSPS) is 30.2. The third-order valence-corrected chi connectivity index (χ3v) is 10.2. The number of ether oxygens (including phenoxy) is 2. The standard InChI is InChI=1S/C21H29N7O14P2.C4H8O4/c22-17-12-19(25-7-24-17)28(8-26-12)21-16(32)14(30)11(41-21)6-39-44(36,37)42-43(34,35)38-5-10-13(29)15(31)20(40-10)27-3-1-2-9(4-27)18(23)33;5-1-3(7)4(8)2-6/h1,3-4,7-8,10-11,13-16,20-21,29-32H,2,5-6H2,(H2,23,33)(H,34,35)(H,36,37)(H2,22,24,25);3,5-7H,1-2H2/t10-,11-,13?,14-,15?,16-,20?,21-;3-/m10/s1. The summed E-state index contributed by atoms with van der Waals surface area (Å²) in [5.41, 5.74) is 11.6. The molecule has 0 aliphatic carbocycles.